The van der Waals surface area contributed by atoms with Crippen molar-refractivity contribution in [2.45, 2.75) is 57.7 Å². The molecule has 0 bridgehead atoms. The number of carbonyl (C=O) groups is 2. The minimum absolute atomic E-state index is 0.0439. The fourth-order valence-electron chi connectivity index (χ4n) is 1.32. The SMILES string of the molecule is CCOC(=O)CCCCC(=O)CC(Cl)CC. The molecule has 1 unspecified atom stereocenters. The summed E-state index contributed by atoms with van der Waals surface area (Å²) in [5, 5.41) is -0.0439. The largest absolute Gasteiger partial charge is 0.466 e. The summed E-state index contributed by atoms with van der Waals surface area (Å²) in [6.45, 7) is 4.17. The monoisotopic (exact) mass is 248 g/mol. The molecular formula is C12H21ClO3. The molecule has 0 amide bonds. The first-order valence-electron chi connectivity index (χ1n) is 5.91. The first kappa shape index (κ1) is 15.4. The summed E-state index contributed by atoms with van der Waals surface area (Å²) in [6, 6.07) is 0. The fraction of sp³-hybridized carbons (Fsp3) is 0.833. The van der Waals surface area contributed by atoms with Crippen molar-refractivity contribution < 1.29 is 14.3 Å². The zero-order valence-electron chi connectivity index (χ0n) is 10.1. The van der Waals surface area contributed by atoms with Crippen molar-refractivity contribution >= 4 is 23.4 Å². The summed E-state index contributed by atoms with van der Waals surface area (Å²) in [5.74, 6) is 0.00411. The first-order chi connectivity index (χ1) is 7.60. The lowest BCUT2D eigenvalue weighted by Crippen LogP contribution is -2.08. The zero-order valence-corrected chi connectivity index (χ0v) is 10.9. The van der Waals surface area contributed by atoms with E-state index in [1.165, 1.54) is 0 Å². The summed E-state index contributed by atoms with van der Waals surface area (Å²) in [5.41, 5.74) is 0. The van der Waals surface area contributed by atoms with E-state index in [2.05, 4.69) is 0 Å². The minimum Gasteiger partial charge on any atom is -0.466 e. The molecule has 0 radical (unpaired) electrons. The number of halogens is 1. The molecule has 0 aromatic rings. The molecule has 94 valence electrons. The molecule has 0 fully saturated rings. The van der Waals surface area contributed by atoms with Crippen LogP contribution in [0.2, 0.25) is 0 Å². The van der Waals surface area contributed by atoms with Gasteiger partial charge in [-0.2, -0.15) is 0 Å². The van der Waals surface area contributed by atoms with E-state index in [0.717, 1.165) is 12.8 Å². The van der Waals surface area contributed by atoms with E-state index in [1.54, 1.807) is 6.92 Å². The van der Waals surface area contributed by atoms with Gasteiger partial charge in [-0.05, 0) is 26.2 Å². The van der Waals surface area contributed by atoms with Crippen LogP contribution in [0.25, 0.3) is 0 Å². The van der Waals surface area contributed by atoms with Crippen LogP contribution in [-0.2, 0) is 14.3 Å². The van der Waals surface area contributed by atoms with Gasteiger partial charge in [-0.15, -0.1) is 11.6 Å². The maximum absolute atomic E-state index is 11.4. The van der Waals surface area contributed by atoms with E-state index in [1.807, 2.05) is 6.92 Å². The van der Waals surface area contributed by atoms with Crippen LogP contribution in [0.15, 0.2) is 0 Å². The number of carbonyl (C=O) groups excluding carboxylic acids is 2. The zero-order chi connectivity index (χ0) is 12.4. The molecule has 0 spiro atoms. The summed E-state index contributed by atoms with van der Waals surface area (Å²) < 4.78 is 4.79. The Balaban J connectivity index is 3.44. The molecule has 0 rings (SSSR count). The van der Waals surface area contributed by atoms with E-state index in [4.69, 9.17) is 16.3 Å². The van der Waals surface area contributed by atoms with Crippen molar-refractivity contribution in [3.8, 4) is 0 Å². The quantitative estimate of drug-likeness (QED) is 0.358. The summed E-state index contributed by atoms with van der Waals surface area (Å²) >= 11 is 5.87. The molecule has 0 aliphatic heterocycles. The number of Topliss-reactive ketones (excluding diaryl/α,β-unsaturated/α-hetero) is 1. The molecule has 0 aliphatic rings. The smallest absolute Gasteiger partial charge is 0.305 e. The second-order valence-corrected chi connectivity index (χ2v) is 4.38. The van der Waals surface area contributed by atoms with E-state index < -0.39 is 0 Å². The second-order valence-electron chi connectivity index (χ2n) is 3.76. The number of esters is 1. The number of hydrogen-bond donors (Lipinski definition) is 0. The average Bonchev–Trinajstić information content (AvgIpc) is 2.24. The summed E-state index contributed by atoms with van der Waals surface area (Å²) in [4.78, 5) is 22.4. The van der Waals surface area contributed by atoms with Crippen molar-refractivity contribution in [3.05, 3.63) is 0 Å². The predicted octanol–water partition coefficient (Wildman–Crippen LogP) is 3.09. The van der Waals surface area contributed by atoms with Gasteiger partial charge in [0, 0.05) is 24.6 Å². The Kier molecular flexibility index (Phi) is 9.30. The maximum atomic E-state index is 11.4. The number of hydrogen-bond acceptors (Lipinski definition) is 3. The van der Waals surface area contributed by atoms with Gasteiger partial charge >= 0.3 is 5.97 Å². The van der Waals surface area contributed by atoms with Crippen molar-refractivity contribution in [1.82, 2.24) is 0 Å². The lowest BCUT2D eigenvalue weighted by Gasteiger charge is -2.05. The molecule has 0 saturated heterocycles. The molecule has 3 nitrogen and oxygen atoms in total. The normalized spacial score (nSPS) is 12.2. The third-order valence-electron chi connectivity index (χ3n) is 2.28. The number of ketones is 1. The Bertz CT molecular complexity index is 216. The molecule has 0 heterocycles. The second kappa shape index (κ2) is 9.64. The number of unbranched alkanes of at least 4 members (excludes halogenated alkanes) is 1. The Morgan fingerprint density at radius 2 is 1.81 bits per heavy atom. The van der Waals surface area contributed by atoms with Crippen LogP contribution < -0.4 is 0 Å². The molecule has 4 heteroatoms. The molecular weight excluding hydrogens is 228 g/mol. The molecule has 1 atom stereocenters. The fourth-order valence-corrected chi connectivity index (χ4v) is 1.49. The van der Waals surface area contributed by atoms with Crippen LogP contribution in [0.1, 0.15) is 52.4 Å². The summed E-state index contributed by atoms with van der Waals surface area (Å²) in [6.07, 6.45) is 3.63. The molecule has 0 aliphatic carbocycles. The highest BCUT2D eigenvalue weighted by molar-refractivity contribution is 6.21. The third kappa shape index (κ3) is 8.72. The maximum Gasteiger partial charge on any atom is 0.305 e. The Hall–Kier alpha value is -0.570. The van der Waals surface area contributed by atoms with Gasteiger partial charge in [-0.25, -0.2) is 0 Å². The first-order valence-corrected chi connectivity index (χ1v) is 6.35. The van der Waals surface area contributed by atoms with Crippen LogP contribution in [-0.4, -0.2) is 23.7 Å². The van der Waals surface area contributed by atoms with Crippen LogP contribution >= 0.6 is 11.6 Å². The predicted molar refractivity (Wildman–Crippen MR) is 64.7 cm³/mol. The van der Waals surface area contributed by atoms with Gasteiger partial charge in [0.05, 0.1) is 6.61 Å². The van der Waals surface area contributed by atoms with Crippen molar-refractivity contribution in [2.75, 3.05) is 6.61 Å². The molecule has 0 saturated carbocycles. The van der Waals surface area contributed by atoms with Gasteiger partial charge in [0.1, 0.15) is 5.78 Å². The molecule has 0 aromatic heterocycles. The van der Waals surface area contributed by atoms with Crippen molar-refractivity contribution in [1.29, 1.82) is 0 Å². The molecule has 16 heavy (non-hydrogen) atoms. The highest BCUT2D eigenvalue weighted by Crippen LogP contribution is 2.10. The molecule has 0 aromatic carbocycles. The van der Waals surface area contributed by atoms with Gasteiger partial charge in [0.2, 0.25) is 0 Å². The van der Waals surface area contributed by atoms with Crippen LogP contribution in [0.3, 0.4) is 0 Å². The van der Waals surface area contributed by atoms with Gasteiger partial charge in [0.15, 0.2) is 0 Å². The van der Waals surface area contributed by atoms with E-state index in [9.17, 15) is 9.59 Å². The highest BCUT2D eigenvalue weighted by Gasteiger charge is 2.09. The van der Waals surface area contributed by atoms with Crippen molar-refractivity contribution in [3.63, 3.8) is 0 Å². The third-order valence-corrected chi connectivity index (χ3v) is 2.75. The Labute approximate surface area is 102 Å². The average molecular weight is 249 g/mol. The van der Waals surface area contributed by atoms with Gasteiger partial charge in [0.25, 0.3) is 0 Å². The Morgan fingerprint density at radius 1 is 1.19 bits per heavy atom. The Morgan fingerprint density at radius 3 is 2.38 bits per heavy atom. The standard InChI is InChI=1S/C12H21ClO3/c1-3-10(13)9-11(14)7-5-6-8-12(15)16-4-2/h10H,3-9H2,1-2H3. The summed E-state index contributed by atoms with van der Waals surface area (Å²) in [7, 11) is 0. The topological polar surface area (TPSA) is 43.4 Å². The van der Waals surface area contributed by atoms with Gasteiger partial charge in [-0.1, -0.05) is 6.92 Å². The van der Waals surface area contributed by atoms with E-state index in [0.29, 0.717) is 32.3 Å². The lowest BCUT2D eigenvalue weighted by molar-refractivity contribution is -0.143. The van der Waals surface area contributed by atoms with Crippen LogP contribution in [0, 0.1) is 0 Å². The number of alkyl halides is 1. The van der Waals surface area contributed by atoms with Crippen molar-refractivity contribution in [2.24, 2.45) is 0 Å². The lowest BCUT2D eigenvalue weighted by atomic mass is 10.1. The van der Waals surface area contributed by atoms with E-state index in [-0.39, 0.29) is 17.1 Å². The number of rotatable bonds is 9. The van der Waals surface area contributed by atoms with E-state index >= 15 is 0 Å². The highest BCUT2D eigenvalue weighted by atomic mass is 35.5. The van der Waals surface area contributed by atoms with Crippen LogP contribution in [0.4, 0.5) is 0 Å². The number of ether oxygens (including phenoxy) is 1. The molecule has 0 N–H and O–H groups in total. The van der Waals surface area contributed by atoms with Gasteiger partial charge in [-0.3, -0.25) is 9.59 Å². The van der Waals surface area contributed by atoms with Crippen LogP contribution in [0.5, 0.6) is 0 Å². The minimum atomic E-state index is -0.182. The van der Waals surface area contributed by atoms with Gasteiger partial charge < -0.3 is 4.74 Å².